The maximum Gasteiger partial charge on any atom is 0.169 e. The molecule has 0 amide bonds. The van der Waals surface area contributed by atoms with Crippen molar-refractivity contribution in [3.63, 3.8) is 0 Å². The molecule has 2 aromatic rings. The Morgan fingerprint density at radius 1 is 1.56 bits per heavy atom. The number of rotatable bonds is 3. The van der Waals surface area contributed by atoms with Crippen molar-refractivity contribution in [3.8, 4) is 12.3 Å². The van der Waals surface area contributed by atoms with Gasteiger partial charge in [-0.2, -0.15) is 0 Å². The maximum absolute atomic E-state index is 5.31. The third kappa shape index (κ3) is 2.11. The number of nitrogens with one attached hydrogen (secondary N) is 1. The Balaban J connectivity index is 2.47. The summed E-state index contributed by atoms with van der Waals surface area (Å²) in [6.45, 7) is 1.89. The van der Waals surface area contributed by atoms with Gasteiger partial charge >= 0.3 is 0 Å². The molecule has 0 aliphatic heterocycles. The number of halogens is 1. The highest BCUT2D eigenvalue weighted by molar-refractivity contribution is 14.2. The van der Waals surface area contributed by atoms with Gasteiger partial charge in [0.2, 0.25) is 0 Å². The summed E-state index contributed by atoms with van der Waals surface area (Å²) in [5, 5.41) is 3.11. The molecule has 82 valence electrons. The van der Waals surface area contributed by atoms with Crippen LogP contribution in [-0.2, 0) is 0 Å². The highest BCUT2D eigenvalue weighted by Gasteiger charge is 2.10. The van der Waals surface area contributed by atoms with Crippen molar-refractivity contribution >= 4 is 45.4 Å². The molecule has 0 spiro atoms. The number of anilines is 1. The molecule has 5 nitrogen and oxygen atoms in total. The van der Waals surface area contributed by atoms with Gasteiger partial charge in [0.1, 0.15) is 12.7 Å². The summed E-state index contributed by atoms with van der Waals surface area (Å²) in [6.07, 6.45) is 9.16. The number of nitrogens with zero attached hydrogens (tertiary/aromatic N) is 4. The van der Waals surface area contributed by atoms with Crippen LogP contribution in [0.1, 0.15) is 6.92 Å². The first-order chi connectivity index (χ1) is 7.76. The molecule has 16 heavy (non-hydrogen) atoms. The zero-order valence-electron chi connectivity index (χ0n) is 8.48. The largest absolute Gasteiger partial charge is 0.355 e. The van der Waals surface area contributed by atoms with E-state index in [1.54, 1.807) is 6.33 Å². The average Bonchev–Trinajstić information content (AvgIpc) is 2.73. The van der Waals surface area contributed by atoms with E-state index in [9.17, 15) is 0 Å². The smallest absolute Gasteiger partial charge is 0.169 e. The quantitative estimate of drug-likeness (QED) is 0.526. The van der Waals surface area contributed by atoms with Crippen LogP contribution in [0.5, 0.6) is 0 Å². The number of fused-ring (bicyclic) bond motifs is 1. The van der Waals surface area contributed by atoms with Gasteiger partial charge < -0.3 is 5.32 Å². The lowest BCUT2D eigenvalue weighted by atomic mass is 10.3. The zero-order chi connectivity index (χ0) is 11.5. The van der Waals surface area contributed by atoms with Gasteiger partial charge in [-0.25, -0.2) is 15.0 Å². The normalized spacial score (nSPS) is 13.1. The van der Waals surface area contributed by atoms with Gasteiger partial charge in [-0.1, -0.05) is 5.92 Å². The topological polar surface area (TPSA) is 55.6 Å². The molecule has 2 unspecified atom stereocenters. The van der Waals surface area contributed by atoms with E-state index < -0.39 is 0 Å². The molecule has 0 bridgehead atoms. The molecule has 0 aliphatic carbocycles. The molecule has 0 radical (unpaired) electrons. The van der Waals surface area contributed by atoms with Crippen LogP contribution in [0, 0.1) is 12.3 Å². The van der Waals surface area contributed by atoms with E-state index in [4.69, 9.17) is 6.42 Å². The summed E-state index contributed by atoms with van der Waals surface area (Å²) in [6, 6.07) is -0.0784. The first kappa shape index (κ1) is 11.6. The van der Waals surface area contributed by atoms with Crippen LogP contribution in [-0.4, -0.2) is 25.3 Å². The van der Waals surface area contributed by atoms with Gasteiger partial charge in [0.25, 0.3) is 0 Å². The second kappa shape index (κ2) is 4.93. The molecule has 0 saturated carbocycles. The second-order valence-corrected chi connectivity index (χ2v) is 5.22. The molecule has 7 heteroatoms. The highest BCUT2D eigenvalue weighted by Crippen LogP contribution is 2.29. The van der Waals surface area contributed by atoms with Crippen LogP contribution in [0.2, 0.25) is 0 Å². The molecule has 2 rings (SSSR count). The van der Waals surface area contributed by atoms with E-state index in [-0.39, 0.29) is 6.04 Å². The molecule has 0 aromatic carbocycles. The Morgan fingerprint density at radius 3 is 3.06 bits per heavy atom. The van der Waals surface area contributed by atoms with Crippen LogP contribution in [0.3, 0.4) is 0 Å². The summed E-state index contributed by atoms with van der Waals surface area (Å²) in [5.41, 5.74) is 1.59. The van der Waals surface area contributed by atoms with E-state index in [1.165, 1.54) is 6.33 Å². The lowest BCUT2D eigenvalue weighted by Crippen LogP contribution is -2.13. The molecule has 2 atom stereocenters. The Bertz CT molecular complexity index is 546. The monoisotopic (exact) mass is 345 g/mol. The molecule has 2 aromatic heterocycles. The van der Waals surface area contributed by atoms with Crippen molar-refractivity contribution in [2.75, 3.05) is 5.32 Å². The lowest BCUT2D eigenvalue weighted by molar-refractivity contribution is 1.01. The van der Waals surface area contributed by atoms with Crippen molar-refractivity contribution in [3.05, 3.63) is 12.7 Å². The molecular weight excluding hydrogens is 336 g/mol. The van der Waals surface area contributed by atoms with Gasteiger partial charge in [-0.05, 0) is 29.0 Å². The van der Waals surface area contributed by atoms with Gasteiger partial charge in [0, 0.05) is 0 Å². The third-order valence-electron chi connectivity index (χ3n) is 2.03. The van der Waals surface area contributed by atoms with Crippen LogP contribution in [0.15, 0.2) is 12.7 Å². The molecule has 0 saturated heterocycles. The summed E-state index contributed by atoms with van der Waals surface area (Å²) in [5.74, 6) is 3.28. The van der Waals surface area contributed by atoms with Gasteiger partial charge in [0.15, 0.2) is 17.0 Å². The average molecular weight is 345 g/mol. The Kier molecular flexibility index (Phi) is 3.56. The van der Waals surface area contributed by atoms with Crippen LogP contribution < -0.4 is 5.32 Å². The molecular formula is C9H9IN5P. The number of imidazole rings is 1. The summed E-state index contributed by atoms with van der Waals surface area (Å²) < 4.78 is 1.98. The molecule has 0 fully saturated rings. The van der Waals surface area contributed by atoms with Crippen molar-refractivity contribution in [1.82, 2.24) is 19.3 Å². The predicted molar refractivity (Wildman–Crippen MR) is 75.0 cm³/mol. The minimum atomic E-state index is -0.0784. The summed E-state index contributed by atoms with van der Waals surface area (Å²) in [4.78, 5) is 12.6. The Hall–Kier alpha value is -0.930. The fourth-order valence-electron chi connectivity index (χ4n) is 1.25. The van der Waals surface area contributed by atoms with E-state index in [2.05, 4.69) is 48.2 Å². The zero-order valence-corrected chi connectivity index (χ0v) is 11.6. The first-order valence-corrected chi connectivity index (χ1v) is 8.59. The van der Waals surface area contributed by atoms with Crippen LogP contribution in [0.25, 0.3) is 11.2 Å². The van der Waals surface area contributed by atoms with E-state index >= 15 is 0 Å². The fraction of sp³-hybridized carbons (Fsp3) is 0.222. The molecule has 1 N–H and O–H groups in total. The van der Waals surface area contributed by atoms with E-state index in [0.29, 0.717) is 12.2 Å². The number of hydrogen-bond donors (Lipinski definition) is 1. The predicted octanol–water partition coefficient (Wildman–Crippen LogP) is 2.05. The van der Waals surface area contributed by atoms with Crippen molar-refractivity contribution < 1.29 is 0 Å². The van der Waals surface area contributed by atoms with Gasteiger partial charge in [-0.15, -0.1) is 6.42 Å². The highest BCUT2D eigenvalue weighted by atomic mass is 127. The summed E-state index contributed by atoms with van der Waals surface area (Å²) in [7, 11) is 0. The minimum absolute atomic E-state index is 0.0784. The number of hydrogen-bond acceptors (Lipinski definition) is 4. The Morgan fingerprint density at radius 2 is 2.38 bits per heavy atom. The second-order valence-electron chi connectivity index (χ2n) is 3.13. The Labute approximate surface area is 108 Å². The van der Waals surface area contributed by atoms with Crippen molar-refractivity contribution in [1.29, 1.82) is 0 Å². The van der Waals surface area contributed by atoms with E-state index in [0.717, 1.165) is 11.2 Å². The maximum atomic E-state index is 5.31. The minimum Gasteiger partial charge on any atom is -0.355 e. The third-order valence-corrected chi connectivity index (χ3v) is 4.10. The van der Waals surface area contributed by atoms with Crippen molar-refractivity contribution in [2.24, 2.45) is 0 Å². The van der Waals surface area contributed by atoms with Gasteiger partial charge in [-0.3, -0.25) is 4.34 Å². The number of terminal acetylenes is 1. The van der Waals surface area contributed by atoms with Gasteiger partial charge in [0.05, 0.1) is 12.4 Å². The van der Waals surface area contributed by atoms with Crippen LogP contribution in [0.4, 0.5) is 5.82 Å². The lowest BCUT2D eigenvalue weighted by Gasteiger charge is -2.07. The first-order valence-electron chi connectivity index (χ1n) is 4.53. The van der Waals surface area contributed by atoms with Crippen molar-refractivity contribution in [2.45, 2.75) is 13.0 Å². The van der Waals surface area contributed by atoms with Crippen LogP contribution >= 0.6 is 28.4 Å². The van der Waals surface area contributed by atoms with E-state index in [1.807, 2.05) is 11.3 Å². The molecule has 2 heterocycles. The summed E-state index contributed by atoms with van der Waals surface area (Å²) >= 11 is 2.28. The SMILES string of the molecule is C#CC(C)Nc1ncnc2c1ncn2PI. The number of aromatic nitrogens is 4. The fourth-order valence-corrected chi connectivity index (χ4v) is 2.65. The standard InChI is InChI=1S/C9H9IN5P/c1-3-6(2)14-8-7-9(12-4-11-8)15(16-10)5-13-7/h1,4-6,16H,2H3,(H,11,12,14). The molecule has 0 aliphatic rings.